The summed E-state index contributed by atoms with van der Waals surface area (Å²) in [6.45, 7) is 6.19. The molecule has 1 amide bonds. The first-order valence-electron chi connectivity index (χ1n) is 11.4. The standard InChI is InChI=1S/C27H25N5O2/c1-18-8-10-20(11-9-18)23-16-22(25-19(2)30-34-26(25)29-23)27(33)32-14-12-31(13-15-32)24(17-28)21-6-4-3-5-7-21/h3-11,16,24H,12-15H2,1-2H3. The average molecular weight is 452 g/mol. The number of carbonyl (C=O) groups is 1. The Kier molecular flexibility index (Phi) is 5.83. The lowest BCUT2D eigenvalue weighted by Crippen LogP contribution is -2.49. The van der Waals surface area contributed by atoms with Gasteiger partial charge in [0, 0.05) is 31.7 Å². The van der Waals surface area contributed by atoms with E-state index >= 15 is 0 Å². The number of carbonyl (C=O) groups excluding carboxylic acids is 1. The summed E-state index contributed by atoms with van der Waals surface area (Å²) in [5.41, 5.74) is 5.29. The summed E-state index contributed by atoms with van der Waals surface area (Å²) >= 11 is 0. The Labute approximate surface area is 198 Å². The zero-order valence-corrected chi connectivity index (χ0v) is 19.2. The quantitative estimate of drug-likeness (QED) is 0.453. The van der Waals surface area contributed by atoms with E-state index in [0.717, 1.165) is 16.7 Å². The van der Waals surface area contributed by atoms with Crippen LogP contribution < -0.4 is 0 Å². The summed E-state index contributed by atoms with van der Waals surface area (Å²) in [5, 5.41) is 14.5. The Hall–Kier alpha value is -4.02. The fraction of sp³-hybridized carbons (Fsp3) is 0.259. The maximum Gasteiger partial charge on any atom is 0.259 e. The van der Waals surface area contributed by atoms with Crippen molar-refractivity contribution in [3.8, 4) is 17.3 Å². The van der Waals surface area contributed by atoms with Crippen LogP contribution in [0.1, 0.15) is 33.2 Å². The Morgan fingerprint density at radius 1 is 1.03 bits per heavy atom. The van der Waals surface area contributed by atoms with Gasteiger partial charge in [-0.1, -0.05) is 65.3 Å². The van der Waals surface area contributed by atoms with Crippen LogP contribution in [0.25, 0.3) is 22.4 Å². The molecule has 1 unspecified atom stereocenters. The van der Waals surface area contributed by atoms with Crippen molar-refractivity contribution in [2.45, 2.75) is 19.9 Å². The van der Waals surface area contributed by atoms with Crippen LogP contribution in [0.15, 0.2) is 65.2 Å². The predicted octanol–water partition coefficient (Wildman–Crippen LogP) is 4.53. The number of nitriles is 1. The molecule has 2 aromatic heterocycles. The first kappa shape index (κ1) is 21.8. The van der Waals surface area contributed by atoms with E-state index in [1.807, 2.05) is 79.4 Å². The maximum atomic E-state index is 13.7. The zero-order valence-electron chi connectivity index (χ0n) is 19.2. The summed E-state index contributed by atoms with van der Waals surface area (Å²) in [6, 6.07) is 21.7. The Morgan fingerprint density at radius 3 is 2.41 bits per heavy atom. The van der Waals surface area contributed by atoms with Gasteiger partial charge in [-0.2, -0.15) is 5.26 Å². The third-order valence-electron chi connectivity index (χ3n) is 6.40. The minimum atomic E-state index is -0.320. The average Bonchev–Trinajstić information content (AvgIpc) is 3.26. The lowest BCUT2D eigenvalue weighted by Gasteiger charge is -2.37. The molecule has 0 radical (unpaired) electrons. The van der Waals surface area contributed by atoms with Gasteiger partial charge in [0.1, 0.15) is 6.04 Å². The number of hydrogen-bond donors (Lipinski definition) is 0. The highest BCUT2D eigenvalue weighted by Gasteiger charge is 2.29. The highest BCUT2D eigenvalue weighted by atomic mass is 16.5. The first-order valence-corrected chi connectivity index (χ1v) is 11.4. The van der Waals surface area contributed by atoms with Crippen molar-refractivity contribution in [1.82, 2.24) is 19.9 Å². The van der Waals surface area contributed by atoms with Gasteiger partial charge in [-0.15, -0.1) is 0 Å². The number of amides is 1. The molecule has 0 N–H and O–H groups in total. The van der Waals surface area contributed by atoms with E-state index in [4.69, 9.17) is 4.52 Å². The molecular formula is C27H25N5O2. The Bertz CT molecular complexity index is 1360. The summed E-state index contributed by atoms with van der Waals surface area (Å²) < 4.78 is 5.45. The molecule has 0 saturated carbocycles. The van der Waals surface area contributed by atoms with Crippen molar-refractivity contribution in [2.24, 2.45) is 0 Å². The predicted molar refractivity (Wildman–Crippen MR) is 129 cm³/mol. The Balaban J connectivity index is 1.41. The molecule has 1 aliphatic rings. The third kappa shape index (κ3) is 4.04. The number of hydrogen-bond acceptors (Lipinski definition) is 6. The lowest BCUT2D eigenvalue weighted by atomic mass is 10.0. The molecular weight excluding hydrogens is 426 g/mol. The van der Waals surface area contributed by atoms with Crippen LogP contribution >= 0.6 is 0 Å². The van der Waals surface area contributed by atoms with Gasteiger partial charge in [0.2, 0.25) is 0 Å². The second kappa shape index (κ2) is 9.08. The number of rotatable bonds is 4. The van der Waals surface area contributed by atoms with Crippen molar-refractivity contribution >= 4 is 17.0 Å². The minimum absolute atomic E-state index is 0.0695. The van der Waals surface area contributed by atoms with E-state index in [0.29, 0.717) is 54.2 Å². The monoisotopic (exact) mass is 451 g/mol. The van der Waals surface area contributed by atoms with Gasteiger partial charge in [0.15, 0.2) is 0 Å². The second-order valence-corrected chi connectivity index (χ2v) is 8.64. The van der Waals surface area contributed by atoms with E-state index in [1.54, 1.807) is 0 Å². The summed E-state index contributed by atoms with van der Waals surface area (Å²) in [5.74, 6) is -0.0695. The number of benzene rings is 2. The van der Waals surface area contributed by atoms with Gasteiger partial charge in [-0.3, -0.25) is 9.69 Å². The molecule has 1 atom stereocenters. The van der Waals surface area contributed by atoms with Crippen molar-refractivity contribution in [3.05, 3.63) is 83.0 Å². The van der Waals surface area contributed by atoms with E-state index in [9.17, 15) is 10.1 Å². The minimum Gasteiger partial charge on any atom is -0.336 e. The Morgan fingerprint density at radius 2 is 1.74 bits per heavy atom. The third-order valence-corrected chi connectivity index (χ3v) is 6.40. The topological polar surface area (TPSA) is 86.3 Å². The molecule has 7 nitrogen and oxygen atoms in total. The fourth-order valence-electron chi connectivity index (χ4n) is 4.49. The van der Waals surface area contributed by atoms with Crippen molar-refractivity contribution in [3.63, 3.8) is 0 Å². The first-order chi connectivity index (χ1) is 16.5. The largest absolute Gasteiger partial charge is 0.336 e. The molecule has 1 fully saturated rings. The van der Waals surface area contributed by atoms with Gasteiger partial charge < -0.3 is 9.42 Å². The lowest BCUT2D eigenvalue weighted by molar-refractivity contribution is 0.0608. The number of piperazine rings is 1. The number of aryl methyl sites for hydroxylation is 2. The van der Waals surface area contributed by atoms with Gasteiger partial charge in [-0.25, -0.2) is 4.98 Å². The van der Waals surface area contributed by atoms with Crippen LogP contribution in [0, 0.1) is 25.2 Å². The molecule has 170 valence electrons. The summed E-state index contributed by atoms with van der Waals surface area (Å²) in [6.07, 6.45) is 0. The van der Waals surface area contributed by atoms with Crippen LogP contribution in [0.2, 0.25) is 0 Å². The number of pyridine rings is 1. The normalized spacial score (nSPS) is 15.3. The fourth-order valence-corrected chi connectivity index (χ4v) is 4.49. The molecule has 5 rings (SSSR count). The van der Waals surface area contributed by atoms with Crippen LogP contribution in [0.3, 0.4) is 0 Å². The molecule has 4 aromatic rings. The van der Waals surface area contributed by atoms with Crippen LogP contribution in [-0.2, 0) is 0 Å². The molecule has 0 aliphatic carbocycles. The number of aromatic nitrogens is 2. The van der Waals surface area contributed by atoms with Gasteiger partial charge >= 0.3 is 0 Å². The molecule has 0 spiro atoms. The maximum absolute atomic E-state index is 13.7. The van der Waals surface area contributed by atoms with E-state index < -0.39 is 0 Å². The smallest absolute Gasteiger partial charge is 0.259 e. The highest BCUT2D eigenvalue weighted by Crippen LogP contribution is 2.29. The van der Waals surface area contributed by atoms with Crippen LogP contribution in [0.4, 0.5) is 0 Å². The van der Waals surface area contributed by atoms with Gasteiger partial charge in [-0.05, 0) is 25.5 Å². The molecule has 3 heterocycles. The van der Waals surface area contributed by atoms with Crippen LogP contribution in [-0.4, -0.2) is 52.0 Å². The molecule has 1 aliphatic heterocycles. The molecule has 0 bridgehead atoms. The SMILES string of the molecule is Cc1ccc(-c2cc(C(=O)N3CCN(C(C#N)c4ccccc4)CC3)c3c(C)noc3n2)cc1. The van der Waals surface area contributed by atoms with E-state index in [-0.39, 0.29) is 11.9 Å². The van der Waals surface area contributed by atoms with Crippen molar-refractivity contribution in [1.29, 1.82) is 5.26 Å². The van der Waals surface area contributed by atoms with Crippen molar-refractivity contribution in [2.75, 3.05) is 26.2 Å². The summed E-state index contributed by atoms with van der Waals surface area (Å²) in [4.78, 5) is 22.3. The van der Waals surface area contributed by atoms with Gasteiger partial charge in [0.25, 0.3) is 11.6 Å². The number of nitrogens with zero attached hydrogens (tertiary/aromatic N) is 5. The summed E-state index contributed by atoms with van der Waals surface area (Å²) in [7, 11) is 0. The van der Waals surface area contributed by atoms with Crippen LogP contribution in [0.5, 0.6) is 0 Å². The molecule has 7 heteroatoms. The van der Waals surface area contributed by atoms with E-state index in [2.05, 4.69) is 21.1 Å². The molecule has 34 heavy (non-hydrogen) atoms. The zero-order chi connectivity index (χ0) is 23.7. The second-order valence-electron chi connectivity index (χ2n) is 8.64. The van der Waals surface area contributed by atoms with E-state index in [1.165, 1.54) is 0 Å². The molecule has 2 aromatic carbocycles. The van der Waals surface area contributed by atoms with Crippen molar-refractivity contribution < 1.29 is 9.32 Å². The molecule has 1 saturated heterocycles. The van der Waals surface area contributed by atoms with Gasteiger partial charge in [0.05, 0.1) is 28.4 Å². The highest BCUT2D eigenvalue weighted by molar-refractivity contribution is 6.07. The number of fused-ring (bicyclic) bond motifs is 1.